The molecule has 0 radical (unpaired) electrons. The molecule has 1 saturated heterocycles. The molecule has 2 rings (SSSR count). The van der Waals surface area contributed by atoms with Crippen molar-refractivity contribution in [1.29, 1.82) is 0 Å². The van der Waals surface area contributed by atoms with Gasteiger partial charge in [0, 0.05) is 0 Å². The zero-order valence-corrected chi connectivity index (χ0v) is 15.7. The number of carbonyl (C=O) groups excluding carboxylic acids is 1. The van der Waals surface area contributed by atoms with Gasteiger partial charge in [-0.15, -0.1) is 5.10 Å². The van der Waals surface area contributed by atoms with Crippen LogP contribution in [0.4, 0.5) is 0 Å². The van der Waals surface area contributed by atoms with E-state index >= 15 is 0 Å². The smallest absolute Gasteiger partial charge is 0.305 e. The van der Waals surface area contributed by atoms with Gasteiger partial charge >= 0.3 is 5.97 Å². The first-order chi connectivity index (χ1) is 12.5. The topological polar surface area (TPSA) is 100 Å². The molecule has 1 fully saturated rings. The van der Waals surface area contributed by atoms with Crippen molar-refractivity contribution >= 4 is 35.0 Å². The van der Waals surface area contributed by atoms with Crippen LogP contribution in [0.2, 0.25) is 0 Å². The summed E-state index contributed by atoms with van der Waals surface area (Å²) in [4.78, 5) is 22.3. The highest BCUT2D eigenvalue weighted by molar-refractivity contribution is 8.15. The first kappa shape index (κ1) is 20.0. The number of aryl methyl sites for hydroxylation is 1. The zero-order chi connectivity index (χ0) is 18.9. The van der Waals surface area contributed by atoms with Crippen LogP contribution in [0, 0.1) is 6.92 Å². The van der Waals surface area contributed by atoms with Gasteiger partial charge < -0.3 is 15.2 Å². The second-order valence-corrected chi connectivity index (χ2v) is 7.12. The number of carboxylic acid groups (broad SMARTS) is 1. The largest absolute Gasteiger partial charge is 0.493 e. The predicted octanol–water partition coefficient (Wildman–Crippen LogP) is 2.96. The lowest BCUT2D eigenvalue weighted by molar-refractivity contribution is -0.138. The molecular formula is C18H23N3O4S. The van der Waals surface area contributed by atoms with E-state index in [4.69, 9.17) is 9.84 Å². The number of amides is 1. The fourth-order valence-electron chi connectivity index (χ4n) is 2.28. The van der Waals surface area contributed by atoms with Crippen LogP contribution in [0.15, 0.2) is 28.4 Å². The summed E-state index contributed by atoms with van der Waals surface area (Å²) in [5, 5.41) is 18.9. The van der Waals surface area contributed by atoms with Crippen LogP contribution in [0.1, 0.15) is 43.7 Å². The molecule has 0 bridgehead atoms. The number of thioether (sulfide) groups is 1. The second kappa shape index (κ2) is 9.96. The van der Waals surface area contributed by atoms with Gasteiger partial charge in [-0.2, -0.15) is 5.10 Å². The van der Waals surface area contributed by atoms with Crippen LogP contribution in [-0.2, 0) is 9.59 Å². The number of nitrogens with one attached hydrogen (secondary N) is 1. The molecule has 1 aromatic carbocycles. The van der Waals surface area contributed by atoms with E-state index in [9.17, 15) is 9.59 Å². The van der Waals surface area contributed by atoms with E-state index in [0.717, 1.165) is 47.9 Å². The molecular weight excluding hydrogens is 354 g/mol. The number of unbranched alkanes of at least 4 members (excludes halogenated alkanes) is 2. The Bertz CT molecular complexity index is 718. The van der Waals surface area contributed by atoms with Crippen LogP contribution in [-0.4, -0.2) is 40.2 Å². The van der Waals surface area contributed by atoms with Crippen molar-refractivity contribution in [2.24, 2.45) is 10.2 Å². The average molecular weight is 377 g/mol. The summed E-state index contributed by atoms with van der Waals surface area (Å²) in [5.74, 6) is -0.555. The lowest BCUT2D eigenvalue weighted by atomic mass is 10.1. The number of carbonyl (C=O) groups is 2. The summed E-state index contributed by atoms with van der Waals surface area (Å²) in [6.45, 7) is 4.83. The van der Waals surface area contributed by atoms with Crippen molar-refractivity contribution in [3.63, 3.8) is 0 Å². The fourth-order valence-corrected chi connectivity index (χ4v) is 3.19. The molecule has 0 aromatic heterocycles. The molecule has 1 aliphatic rings. The normalized spacial score (nSPS) is 18.5. The second-order valence-electron chi connectivity index (χ2n) is 5.92. The number of rotatable bonds is 9. The maximum Gasteiger partial charge on any atom is 0.305 e. The van der Waals surface area contributed by atoms with Gasteiger partial charge in [0.05, 0.1) is 19.2 Å². The Hall–Kier alpha value is -2.35. The highest BCUT2D eigenvalue weighted by Gasteiger charge is 2.32. The van der Waals surface area contributed by atoms with Gasteiger partial charge in [-0.1, -0.05) is 43.7 Å². The number of carboxylic acids is 1. The Morgan fingerprint density at radius 1 is 1.42 bits per heavy atom. The van der Waals surface area contributed by atoms with Crippen LogP contribution < -0.4 is 10.1 Å². The number of nitrogens with zero attached hydrogens (tertiary/aromatic N) is 2. The van der Waals surface area contributed by atoms with Crippen LogP contribution in [0.5, 0.6) is 5.75 Å². The highest BCUT2D eigenvalue weighted by Crippen LogP contribution is 2.22. The highest BCUT2D eigenvalue weighted by atomic mass is 32.2. The van der Waals surface area contributed by atoms with E-state index in [1.165, 1.54) is 0 Å². The first-order valence-corrected chi connectivity index (χ1v) is 9.41. The zero-order valence-electron chi connectivity index (χ0n) is 14.9. The maximum atomic E-state index is 11.6. The molecule has 0 saturated carbocycles. The number of amidine groups is 1. The minimum Gasteiger partial charge on any atom is -0.493 e. The number of aliphatic carboxylic acids is 1. The average Bonchev–Trinajstić information content (AvgIpc) is 2.93. The molecule has 7 nitrogen and oxygen atoms in total. The molecule has 1 aromatic rings. The number of hydrogen-bond donors (Lipinski definition) is 2. The molecule has 1 amide bonds. The summed E-state index contributed by atoms with van der Waals surface area (Å²) < 4.78 is 5.81. The maximum absolute atomic E-state index is 11.6. The van der Waals surface area contributed by atoms with Crippen LogP contribution in [0.25, 0.3) is 0 Å². The van der Waals surface area contributed by atoms with E-state index in [1.807, 2.05) is 25.1 Å². The molecule has 0 aliphatic carbocycles. The Labute approximate surface area is 156 Å². The van der Waals surface area contributed by atoms with E-state index in [2.05, 4.69) is 22.4 Å². The summed E-state index contributed by atoms with van der Waals surface area (Å²) in [7, 11) is 0. The molecule has 1 unspecified atom stereocenters. The van der Waals surface area contributed by atoms with Gasteiger partial charge in [0.15, 0.2) is 5.17 Å². The third-order valence-electron chi connectivity index (χ3n) is 3.71. The fraction of sp³-hybridized carbons (Fsp3) is 0.444. The molecule has 1 aliphatic heterocycles. The van der Waals surface area contributed by atoms with Crippen molar-refractivity contribution in [2.45, 2.75) is 44.8 Å². The lowest BCUT2D eigenvalue weighted by Crippen LogP contribution is -2.26. The first-order valence-electron chi connectivity index (χ1n) is 8.53. The summed E-state index contributed by atoms with van der Waals surface area (Å²) >= 11 is 1.07. The SMILES string of the molecule is CCCCCOc1cc(C=NN=C2NC(=O)C(CC(=O)O)S2)ccc1C. The third-order valence-corrected chi connectivity index (χ3v) is 4.78. The summed E-state index contributed by atoms with van der Waals surface area (Å²) in [6, 6.07) is 5.77. The van der Waals surface area contributed by atoms with Gasteiger partial charge in [0.25, 0.3) is 0 Å². The minimum atomic E-state index is -1.02. The molecule has 1 heterocycles. The number of benzene rings is 1. The standard InChI is InChI=1S/C18H23N3O4S/c1-3-4-5-8-25-14-9-13(7-6-12(14)2)11-19-21-18-20-17(24)15(26-18)10-16(22)23/h6-7,9,11,15H,3-5,8,10H2,1-2H3,(H,22,23)(H,20,21,24). The Morgan fingerprint density at radius 3 is 2.96 bits per heavy atom. The van der Waals surface area contributed by atoms with E-state index in [1.54, 1.807) is 6.21 Å². The Balaban J connectivity index is 1.95. The van der Waals surface area contributed by atoms with Crippen molar-refractivity contribution in [3.8, 4) is 5.75 Å². The van der Waals surface area contributed by atoms with Crippen molar-refractivity contribution < 1.29 is 19.4 Å². The molecule has 8 heteroatoms. The van der Waals surface area contributed by atoms with Gasteiger partial charge in [-0.3, -0.25) is 9.59 Å². The van der Waals surface area contributed by atoms with Crippen molar-refractivity contribution in [3.05, 3.63) is 29.3 Å². The third kappa shape index (κ3) is 6.18. The Morgan fingerprint density at radius 2 is 2.23 bits per heavy atom. The monoisotopic (exact) mass is 377 g/mol. The van der Waals surface area contributed by atoms with Crippen LogP contribution in [0.3, 0.4) is 0 Å². The number of hydrogen-bond acceptors (Lipinski definition) is 6. The quantitative estimate of drug-likeness (QED) is 0.391. The lowest BCUT2D eigenvalue weighted by Gasteiger charge is -2.09. The van der Waals surface area contributed by atoms with Gasteiger partial charge in [0.1, 0.15) is 11.0 Å². The molecule has 1 atom stereocenters. The molecule has 26 heavy (non-hydrogen) atoms. The van der Waals surface area contributed by atoms with Crippen molar-refractivity contribution in [1.82, 2.24) is 5.32 Å². The molecule has 2 N–H and O–H groups in total. The number of ether oxygens (including phenoxy) is 1. The summed E-state index contributed by atoms with van der Waals surface area (Å²) in [6.07, 6.45) is 4.65. The minimum absolute atomic E-state index is 0.240. The van der Waals surface area contributed by atoms with E-state index in [0.29, 0.717) is 11.8 Å². The van der Waals surface area contributed by atoms with Crippen molar-refractivity contribution in [2.75, 3.05) is 6.61 Å². The van der Waals surface area contributed by atoms with E-state index in [-0.39, 0.29) is 12.3 Å². The summed E-state index contributed by atoms with van der Waals surface area (Å²) in [5.41, 5.74) is 1.89. The Kier molecular flexibility index (Phi) is 7.65. The van der Waals surface area contributed by atoms with Gasteiger partial charge in [-0.05, 0) is 30.5 Å². The van der Waals surface area contributed by atoms with Gasteiger partial charge in [0.2, 0.25) is 5.91 Å². The van der Waals surface area contributed by atoms with Crippen LogP contribution >= 0.6 is 11.8 Å². The molecule has 0 spiro atoms. The predicted molar refractivity (Wildman–Crippen MR) is 103 cm³/mol. The van der Waals surface area contributed by atoms with Gasteiger partial charge in [-0.25, -0.2) is 0 Å². The molecule has 140 valence electrons. The van der Waals surface area contributed by atoms with E-state index < -0.39 is 11.2 Å².